The van der Waals surface area contributed by atoms with Gasteiger partial charge in [-0.15, -0.1) is 0 Å². The van der Waals surface area contributed by atoms with E-state index in [0.29, 0.717) is 5.92 Å². The van der Waals surface area contributed by atoms with Crippen molar-refractivity contribution >= 4 is 0 Å². The predicted octanol–water partition coefficient (Wildman–Crippen LogP) is 0.819. The molecule has 0 amide bonds. The highest BCUT2D eigenvalue weighted by atomic mass is 16.3. The second-order valence-corrected chi connectivity index (χ2v) is 5.11. The molecule has 1 aliphatic carbocycles. The van der Waals surface area contributed by atoms with Crippen LogP contribution in [0.4, 0.5) is 0 Å². The van der Waals surface area contributed by atoms with Crippen molar-refractivity contribution in [2.75, 3.05) is 27.7 Å². The average molecular weight is 253 g/mol. The number of allylic oxidation sites excluding steroid dienone is 1. The minimum absolute atomic E-state index is 0.212. The highest BCUT2D eigenvalue weighted by Gasteiger charge is 2.44. The summed E-state index contributed by atoms with van der Waals surface area (Å²) < 4.78 is 0. The molecule has 2 unspecified atom stereocenters. The van der Waals surface area contributed by atoms with Gasteiger partial charge >= 0.3 is 0 Å². The molecule has 4 N–H and O–H groups in total. The lowest BCUT2D eigenvalue weighted by Gasteiger charge is -2.39. The van der Waals surface area contributed by atoms with E-state index in [1.165, 1.54) is 5.57 Å². The van der Waals surface area contributed by atoms with Crippen LogP contribution in [0, 0.1) is 11.8 Å². The Balaban J connectivity index is 2.87. The number of aliphatic hydroxyl groups is 1. The number of rotatable bonds is 7. The maximum atomic E-state index is 9.17. The van der Waals surface area contributed by atoms with Crippen molar-refractivity contribution in [3.05, 3.63) is 23.9 Å². The molecule has 0 aliphatic heterocycles. The average Bonchev–Trinajstić information content (AvgIpc) is 2.77. The maximum Gasteiger partial charge on any atom is 0.116 e. The van der Waals surface area contributed by atoms with E-state index in [0.717, 1.165) is 18.5 Å². The molecule has 1 rings (SSSR count). The van der Waals surface area contributed by atoms with Gasteiger partial charge in [0, 0.05) is 25.3 Å². The van der Waals surface area contributed by atoms with Gasteiger partial charge in [0.25, 0.3) is 0 Å². The van der Waals surface area contributed by atoms with Gasteiger partial charge in [-0.25, -0.2) is 0 Å². The molecule has 0 aromatic rings. The fraction of sp³-hybridized carbons (Fsp3) is 0.714. The summed E-state index contributed by atoms with van der Waals surface area (Å²) in [7, 11) is 5.86. The zero-order valence-electron chi connectivity index (χ0n) is 12.0. The van der Waals surface area contributed by atoms with Crippen molar-refractivity contribution in [3.8, 4) is 0 Å². The van der Waals surface area contributed by atoms with Gasteiger partial charge in [0.2, 0.25) is 0 Å². The van der Waals surface area contributed by atoms with E-state index in [4.69, 9.17) is 0 Å². The van der Waals surface area contributed by atoms with E-state index < -0.39 is 0 Å². The lowest BCUT2D eigenvalue weighted by atomic mass is 9.83. The van der Waals surface area contributed by atoms with Crippen molar-refractivity contribution in [1.29, 1.82) is 0 Å². The van der Waals surface area contributed by atoms with Gasteiger partial charge in [0.15, 0.2) is 0 Å². The van der Waals surface area contributed by atoms with Crippen LogP contribution in [0.2, 0.25) is 0 Å². The number of nitrogens with one attached hydrogen (secondary N) is 3. The molecule has 0 saturated carbocycles. The molecule has 0 spiro atoms. The second kappa shape index (κ2) is 6.36. The van der Waals surface area contributed by atoms with Gasteiger partial charge in [-0.05, 0) is 32.9 Å². The molecular formula is C14H27N3O. The number of hydrogen-bond acceptors (Lipinski definition) is 4. The standard InChI is InChI=1S/C14H27N3O/c1-10(9-18)8-11(2)12-6-7-13(15-3)14(12,16-4)17-5/h7,10,12,15-18H,2,6,8-9H2,1,3-5H3. The van der Waals surface area contributed by atoms with Crippen LogP contribution < -0.4 is 16.0 Å². The summed E-state index contributed by atoms with van der Waals surface area (Å²) in [6.07, 6.45) is 4.04. The van der Waals surface area contributed by atoms with Crippen molar-refractivity contribution in [2.45, 2.75) is 25.4 Å². The molecule has 1 aliphatic rings. The molecule has 4 nitrogen and oxygen atoms in total. The van der Waals surface area contributed by atoms with E-state index in [9.17, 15) is 5.11 Å². The fourth-order valence-corrected chi connectivity index (χ4v) is 2.93. The topological polar surface area (TPSA) is 56.3 Å². The quantitative estimate of drug-likeness (QED) is 0.401. The van der Waals surface area contributed by atoms with Crippen molar-refractivity contribution in [2.24, 2.45) is 11.8 Å². The Morgan fingerprint density at radius 2 is 2.11 bits per heavy atom. The third kappa shape index (κ3) is 2.60. The van der Waals surface area contributed by atoms with Crippen LogP contribution in [-0.2, 0) is 0 Å². The van der Waals surface area contributed by atoms with Crippen molar-refractivity contribution in [1.82, 2.24) is 16.0 Å². The van der Waals surface area contributed by atoms with Crippen molar-refractivity contribution < 1.29 is 5.11 Å². The van der Waals surface area contributed by atoms with E-state index in [1.54, 1.807) is 0 Å². The van der Waals surface area contributed by atoms with Gasteiger partial charge < -0.3 is 10.4 Å². The molecule has 0 aromatic carbocycles. The van der Waals surface area contributed by atoms with E-state index in [2.05, 4.69) is 28.6 Å². The molecule has 0 saturated heterocycles. The van der Waals surface area contributed by atoms with E-state index in [1.807, 2.05) is 28.1 Å². The Morgan fingerprint density at radius 1 is 1.50 bits per heavy atom. The first-order chi connectivity index (χ1) is 8.55. The zero-order chi connectivity index (χ0) is 13.8. The summed E-state index contributed by atoms with van der Waals surface area (Å²) in [5, 5.41) is 19.2. The van der Waals surface area contributed by atoms with Gasteiger partial charge in [0.05, 0.1) is 0 Å². The van der Waals surface area contributed by atoms with Crippen LogP contribution in [0.1, 0.15) is 19.8 Å². The molecule has 0 bridgehead atoms. The van der Waals surface area contributed by atoms with Crippen LogP contribution in [0.5, 0.6) is 0 Å². The Kier molecular flexibility index (Phi) is 5.38. The van der Waals surface area contributed by atoms with Gasteiger partial charge in [-0.3, -0.25) is 10.6 Å². The maximum absolute atomic E-state index is 9.17. The number of hydrogen-bond donors (Lipinski definition) is 4. The van der Waals surface area contributed by atoms with Crippen LogP contribution in [0.3, 0.4) is 0 Å². The minimum atomic E-state index is -0.263. The SMILES string of the molecule is C=C(CC(C)CO)C1CC=C(NC)C1(NC)NC. The first-order valence-corrected chi connectivity index (χ1v) is 6.60. The summed E-state index contributed by atoms with van der Waals surface area (Å²) in [5.74, 6) is 0.575. The van der Waals surface area contributed by atoms with Gasteiger partial charge in [-0.1, -0.05) is 25.2 Å². The third-order valence-corrected chi connectivity index (χ3v) is 3.98. The monoisotopic (exact) mass is 253 g/mol. The Labute approximate surface area is 111 Å². The molecule has 0 radical (unpaired) electrons. The predicted molar refractivity (Wildman–Crippen MR) is 76.1 cm³/mol. The molecule has 2 atom stereocenters. The largest absolute Gasteiger partial charge is 0.396 e. The summed E-state index contributed by atoms with van der Waals surface area (Å²) in [5.41, 5.74) is 2.08. The highest BCUT2D eigenvalue weighted by Crippen LogP contribution is 2.38. The first kappa shape index (κ1) is 15.2. The smallest absolute Gasteiger partial charge is 0.116 e. The molecule has 0 heterocycles. The third-order valence-electron chi connectivity index (χ3n) is 3.98. The molecular weight excluding hydrogens is 226 g/mol. The normalized spacial score (nSPS) is 23.6. The van der Waals surface area contributed by atoms with Crippen LogP contribution in [0.15, 0.2) is 23.9 Å². The first-order valence-electron chi connectivity index (χ1n) is 6.60. The van der Waals surface area contributed by atoms with E-state index >= 15 is 0 Å². The van der Waals surface area contributed by atoms with E-state index in [-0.39, 0.29) is 18.2 Å². The van der Waals surface area contributed by atoms with Crippen LogP contribution >= 0.6 is 0 Å². The fourth-order valence-electron chi connectivity index (χ4n) is 2.93. The Hall–Kier alpha value is -0.840. The molecule has 0 fully saturated rings. The lowest BCUT2D eigenvalue weighted by Crippen LogP contribution is -2.61. The molecule has 4 heteroatoms. The summed E-state index contributed by atoms with van der Waals surface area (Å²) in [4.78, 5) is 0. The second-order valence-electron chi connectivity index (χ2n) is 5.11. The van der Waals surface area contributed by atoms with Crippen LogP contribution in [0.25, 0.3) is 0 Å². The summed E-state index contributed by atoms with van der Waals surface area (Å²) >= 11 is 0. The number of aliphatic hydroxyl groups excluding tert-OH is 1. The van der Waals surface area contributed by atoms with Crippen LogP contribution in [-0.4, -0.2) is 38.5 Å². The summed E-state index contributed by atoms with van der Waals surface area (Å²) in [6, 6.07) is 0. The molecule has 104 valence electrons. The van der Waals surface area contributed by atoms with Crippen molar-refractivity contribution in [3.63, 3.8) is 0 Å². The summed E-state index contributed by atoms with van der Waals surface area (Å²) in [6.45, 7) is 6.49. The lowest BCUT2D eigenvalue weighted by molar-refractivity contribution is 0.222. The highest BCUT2D eigenvalue weighted by molar-refractivity contribution is 5.31. The minimum Gasteiger partial charge on any atom is -0.396 e. The Bertz CT molecular complexity index is 321. The number of likely N-dealkylation sites (N-methyl/N-ethyl adjacent to an activating group) is 3. The molecule has 18 heavy (non-hydrogen) atoms. The Morgan fingerprint density at radius 3 is 2.56 bits per heavy atom. The molecule has 0 aromatic heterocycles. The van der Waals surface area contributed by atoms with Gasteiger partial charge in [-0.2, -0.15) is 0 Å². The van der Waals surface area contributed by atoms with Gasteiger partial charge in [0.1, 0.15) is 5.66 Å². The zero-order valence-corrected chi connectivity index (χ0v) is 12.0.